The van der Waals surface area contributed by atoms with Gasteiger partial charge in [0, 0.05) is 35.9 Å². The first-order chi connectivity index (χ1) is 9.13. The van der Waals surface area contributed by atoms with E-state index in [1.165, 1.54) is 31.2 Å². The molecule has 0 bridgehead atoms. The van der Waals surface area contributed by atoms with Crippen molar-refractivity contribution in [3.8, 4) is 0 Å². The molecule has 4 heteroatoms. The zero-order valence-electron chi connectivity index (χ0n) is 12.1. The summed E-state index contributed by atoms with van der Waals surface area (Å²) in [6.45, 7) is 3.23. The van der Waals surface area contributed by atoms with Crippen molar-refractivity contribution in [2.75, 3.05) is 19.0 Å². The summed E-state index contributed by atoms with van der Waals surface area (Å²) >= 11 is 3.51. The summed E-state index contributed by atoms with van der Waals surface area (Å²) in [5.41, 5.74) is 1.26. The minimum absolute atomic E-state index is 0.623. The molecular formula is C15H24BrN3. The van der Waals surface area contributed by atoms with Crippen molar-refractivity contribution in [2.45, 2.75) is 45.2 Å². The van der Waals surface area contributed by atoms with Gasteiger partial charge in [0.25, 0.3) is 0 Å². The Balaban J connectivity index is 2.24. The number of pyridine rings is 1. The first-order valence-electron chi connectivity index (χ1n) is 7.15. The molecule has 0 spiro atoms. The van der Waals surface area contributed by atoms with Gasteiger partial charge in [-0.2, -0.15) is 0 Å². The number of nitrogens with zero attached hydrogens (tertiary/aromatic N) is 2. The lowest BCUT2D eigenvalue weighted by Crippen LogP contribution is -2.40. The first kappa shape index (κ1) is 14.8. The average molecular weight is 326 g/mol. The van der Waals surface area contributed by atoms with E-state index < -0.39 is 0 Å². The molecule has 0 saturated heterocycles. The van der Waals surface area contributed by atoms with Crippen molar-refractivity contribution in [2.24, 2.45) is 5.92 Å². The Morgan fingerprint density at radius 3 is 2.84 bits per heavy atom. The van der Waals surface area contributed by atoms with Crippen molar-refractivity contribution in [3.05, 3.63) is 22.3 Å². The van der Waals surface area contributed by atoms with Crippen LogP contribution in [0.2, 0.25) is 0 Å². The van der Waals surface area contributed by atoms with Gasteiger partial charge < -0.3 is 10.2 Å². The Bertz CT molecular complexity index is 422. The van der Waals surface area contributed by atoms with Gasteiger partial charge in [0.05, 0.1) is 0 Å². The molecular weight excluding hydrogens is 302 g/mol. The van der Waals surface area contributed by atoms with Crippen LogP contribution in [0.5, 0.6) is 0 Å². The minimum Gasteiger partial charge on any atom is -0.356 e. The molecule has 2 unspecified atom stereocenters. The Kier molecular flexibility index (Phi) is 5.22. The molecule has 1 fully saturated rings. The quantitative estimate of drug-likeness (QED) is 0.917. The molecule has 0 radical (unpaired) electrons. The second-order valence-corrected chi connectivity index (χ2v) is 6.52. The third kappa shape index (κ3) is 3.48. The van der Waals surface area contributed by atoms with Crippen LogP contribution in [-0.2, 0) is 6.54 Å². The van der Waals surface area contributed by atoms with Crippen molar-refractivity contribution in [1.29, 1.82) is 0 Å². The molecule has 0 amide bonds. The van der Waals surface area contributed by atoms with Crippen molar-refractivity contribution < 1.29 is 0 Å². The van der Waals surface area contributed by atoms with Crippen LogP contribution in [0.15, 0.2) is 16.7 Å². The van der Waals surface area contributed by atoms with Crippen LogP contribution in [0.1, 0.15) is 38.2 Å². The van der Waals surface area contributed by atoms with Gasteiger partial charge in [-0.1, -0.05) is 19.8 Å². The summed E-state index contributed by atoms with van der Waals surface area (Å²) in [5, 5.41) is 3.23. The Hall–Kier alpha value is -0.610. The molecule has 1 aliphatic rings. The van der Waals surface area contributed by atoms with Crippen LogP contribution in [-0.4, -0.2) is 25.1 Å². The van der Waals surface area contributed by atoms with Crippen LogP contribution in [0.3, 0.4) is 0 Å². The van der Waals surface area contributed by atoms with Crippen molar-refractivity contribution >= 4 is 21.7 Å². The van der Waals surface area contributed by atoms with Crippen LogP contribution >= 0.6 is 15.9 Å². The maximum Gasteiger partial charge on any atom is 0.133 e. The fourth-order valence-electron chi connectivity index (χ4n) is 3.14. The normalized spacial score (nSPS) is 23.4. The number of anilines is 1. The minimum atomic E-state index is 0.623. The van der Waals surface area contributed by atoms with E-state index in [2.05, 4.69) is 51.2 Å². The third-order valence-corrected chi connectivity index (χ3v) is 4.61. The molecule has 19 heavy (non-hydrogen) atoms. The SMILES string of the molecule is CNCc1cc(Br)cnc1N(C)C1CCCCC1C. The molecule has 1 aromatic rings. The Labute approximate surface area is 124 Å². The molecule has 3 nitrogen and oxygen atoms in total. The van der Waals surface area contributed by atoms with Crippen LogP contribution in [0, 0.1) is 5.92 Å². The van der Waals surface area contributed by atoms with E-state index in [9.17, 15) is 0 Å². The summed E-state index contributed by atoms with van der Waals surface area (Å²) < 4.78 is 1.05. The lowest BCUT2D eigenvalue weighted by molar-refractivity contribution is 0.320. The predicted octanol–water partition coefficient (Wildman–Crippen LogP) is 3.58. The second kappa shape index (κ2) is 6.71. The Morgan fingerprint density at radius 2 is 2.16 bits per heavy atom. The van der Waals surface area contributed by atoms with Gasteiger partial charge in [0.2, 0.25) is 0 Å². The van der Waals surface area contributed by atoms with E-state index in [4.69, 9.17) is 0 Å². The van der Waals surface area contributed by atoms with E-state index in [1.54, 1.807) is 0 Å². The van der Waals surface area contributed by atoms with Crippen LogP contribution in [0.25, 0.3) is 0 Å². The molecule has 2 rings (SSSR count). The van der Waals surface area contributed by atoms with E-state index in [0.29, 0.717) is 6.04 Å². The van der Waals surface area contributed by atoms with Crippen LogP contribution in [0.4, 0.5) is 5.82 Å². The number of nitrogens with one attached hydrogen (secondary N) is 1. The van der Waals surface area contributed by atoms with Gasteiger partial charge >= 0.3 is 0 Å². The largest absolute Gasteiger partial charge is 0.356 e. The smallest absolute Gasteiger partial charge is 0.133 e. The van der Waals surface area contributed by atoms with E-state index in [1.807, 2.05) is 13.2 Å². The number of halogens is 1. The number of aromatic nitrogens is 1. The molecule has 106 valence electrons. The number of hydrogen-bond donors (Lipinski definition) is 1. The zero-order chi connectivity index (χ0) is 13.8. The molecule has 2 atom stereocenters. The van der Waals surface area contributed by atoms with Gasteiger partial charge in [0.15, 0.2) is 0 Å². The van der Waals surface area contributed by atoms with E-state index in [0.717, 1.165) is 22.8 Å². The van der Waals surface area contributed by atoms with Crippen molar-refractivity contribution in [3.63, 3.8) is 0 Å². The highest BCUT2D eigenvalue weighted by atomic mass is 79.9. The highest BCUT2D eigenvalue weighted by Crippen LogP contribution is 2.31. The highest BCUT2D eigenvalue weighted by Gasteiger charge is 2.26. The molecule has 1 aliphatic carbocycles. The lowest BCUT2D eigenvalue weighted by atomic mass is 9.85. The summed E-state index contributed by atoms with van der Waals surface area (Å²) in [6, 6.07) is 2.79. The molecule has 1 N–H and O–H groups in total. The highest BCUT2D eigenvalue weighted by molar-refractivity contribution is 9.10. The fourth-order valence-corrected chi connectivity index (χ4v) is 3.52. The topological polar surface area (TPSA) is 28.2 Å². The van der Waals surface area contributed by atoms with Gasteiger partial charge in [0.1, 0.15) is 5.82 Å². The van der Waals surface area contributed by atoms with Gasteiger partial charge in [-0.3, -0.25) is 0 Å². The average Bonchev–Trinajstić information content (AvgIpc) is 2.39. The monoisotopic (exact) mass is 325 g/mol. The number of rotatable bonds is 4. The summed E-state index contributed by atoms with van der Waals surface area (Å²) in [6.07, 6.45) is 7.25. The fraction of sp³-hybridized carbons (Fsp3) is 0.667. The van der Waals surface area contributed by atoms with E-state index in [-0.39, 0.29) is 0 Å². The van der Waals surface area contributed by atoms with E-state index >= 15 is 0 Å². The first-order valence-corrected chi connectivity index (χ1v) is 7.94. The van der Waals surface area contributed by atoms with Crippen LogP contribution < -0.4 is 10.2 Å². The van der Waals surface area contributed by atoms with Gasteiger partial charge in [-0.05, 0) is 47.8 Å². The predicted molar refractivity (Wildman–Crippen MR) is 84.5 cm³/mol. The third-order valence-electron chi connectivity index (χ3n) is 4.17. The number of hydrogen-bond acceptors (Lipinski definition) is 3. The van der Waals surface area contributed by atoms with Crippen molar-refractivity contribution in [1.82, 2.24) is 10.3 Å². The molecule has 1 heterocycles. The maximum absolute atomic E-state index is 4.65. The zero-order valence-corrected chi connectivity index (χ0v) is 13.7. The molecule has 0 aliphatic heterocycles. The molecule has 0 aromatic carbocycles. The summed E-state index contributed by atoms with van der Waals surface area (Å²) in [4.78, 5) is 7.04. The van der Waals surface area contributed by atoms with Gasteiger partial charge in [-0.15, -0.1) is 0 Å². The second-order valence-electron chi connectivity index (χ2n) is 5.61. The molecule has 1 saturated carbocycles. The molecule has 1 aromatic heterocycles. The van der Waals surface area contributed by atoms with Gasteiger partial charge in [-0.25, -0.2) is 4.98 Å². The Morgan fingerprint density at radius 1 is 1.42 bits per heavy atom. The summed E-state index contributed by atoms with van der Waals surface area (Å²) in [7, 11) is 4.18. The summed E-state index contributed by atoms with van der Waals surface area (Å²) in [5.74, 6) is 1.88. The standard InChI is InChI=1S/C15H24BrN3/c1-11-6-4-5-7-14(11)19(3)15-12(9-17-2)8-13(16)10-18-15/h8,10-11,14,17H,4-7,9H2,1-3H3. The lowest BCUT2D eigenvalue weighted by Gasteiger charge is -2.37. The maximum atomic E-state index is 4.65.